The van der Waals surface area contributed by atoms with E-state index in [-0.39, 0.29) is 5.78 Å². The second kappa shape index (κ2) is 6.23. The van der Waals surface area contributed by atoms with Crippen LogP contribution < -0.4 is 4.74 Å². The molecule has 0 heterocycles. The minimum atomic E-state index is -0.502. The van der Waals surface area contributed by atoms with Crippen molar-refractivity contribution in [3.05, 3.63) is 63.6 Å². The zero-order chi connectivity index (χ0) is 14.7. The number of rotatable bonds is 4. The van der Waals surface area contributed by atoms with Gasteiger partial charge >= 0.3 is 0 Å². The standard InChI is InChI=1S/C17H17BrO2/c1-11-9-15(10-12(2)16(11)18)20-13(3)17(19)14-7-5-4-6-8-14/h4-10,13H,1-3H3. The monoisotopic (exact) mass is 332 g/mol. The molecule has 20 heavy (non-hydrogen) atoms. The smallest absolute Gasteiger partial charge is 0.202 e. The molecule has 2 aromatic carbocycles. The van der Waals surface area contributed by atoms with Gasteiger partial charge in [-0.3, -0.25) is 4.79 Å². The number of hydrogen-bond acceptors (Lipinski definition) is 2. The molecule has 2 aromatic rings. The average Bonchev–Trinajstić information content (AvgIpc) is 2.44. The molecule has 0 spiro atoms. The van der Waals surface area contributed by atoms with Crippen molar-refractivity contribution in [2.45, 2.75) is 26.9 Å². The molecule has 0 saturated carbocycles. The quantitative estimate of drug-likeness (QED) is 0.757. The maximum Gasteiger partial charge on any atom is 0.202 e. The third-order valence-corrected chi connectivity index (χ3v) is 4.40. The highest BCUT2D eigenvalue weighted by molar-refractivity contribution is 9.10. The molecular weight excluding hydrogens is 316 g/mol. The molecule has 0 radical (unpaired) electrons. The van der Waals surface area contributed by atoms with Crippen LogP contribution in [-0.4, -0.2) is 11.9 Å². The summed E-state index contributed by atoms with van der Waals surface area (Å²) < 4.78 is 6.85. The molecule has 0 N–H and O–H groups in total. The minimum absolute atomic E-state index is 0.0103. The SMILES string of the molecule is Cc1cc(OC(C)C(=O)c2ccccc2)cc(C)c1Br. The number of ether oxygens (including phenoxy) is 1. The van der Waals surface area contributed by atoms with Gasteiger partial charge in [-0.05, 0) is 44.0 Å². The number of ketones is 1. The topological polar surface area (TPSA) is 26.3 Å². The van der Waals surface area contributed by atoms with E-state index in [0.29, 0.717) is 5.56 Å². The molecule has 0 saturated heterocycles. The Morgan fingerprint density at radius 1 is 1.10 bits per heavy atom. The van der Waals surface area contributed by atoms with E-state index < -0.39 is 6.10 Å². The number of aryl methyl sites for hydroxylation is 2. The van der Waals surface area contributed by atoms with E-state index in [0.717, 1.165) is 21.3 Å². The third kappa shape index (κ3) is 3.28. The van der Waals surface area contributed by atoms with Crippen LogP contribution >= 0.6 is 15.9 Å². The molecule has 2 nitrogen and oxygen atoms in total. The molecule has 0 aromatic heterocycles. The van der Waals surface area contributed by atoms with E-state index in [1.807, 2.05) is 44.2 Å². The molecule has 2 rings (SSSR count). The van der Waals surface area contributed by atoms with Crippen LogP contribution in [0.3, 0.4) is 0 Å². The lowest BCUT2D eigenvalue weighted by molar-refractivity contribution is 0.0818. The van der Waals surface area contributed by atoms with Gasteiger partial charge in [-0.15, -0.1) is 0 Å². The van der Waals surface area contributed by atoms with Gasteiger partial charge in [0.25, 0.3) is 0 Å². The molecular formula is C17H17BrO2. The van der Waals surface area contributed by atoms with E-state index in [4.69, 9.17) is 4.74 Å². The summed E-state index contributed by atoms with van der Waals surface area (Å²) >= 11 is 3.52. The van der Waals surface area contributed by atoms with Gasteiger partial charge in [0.2, 0.25) is 5.78 Å². The maximum absolute atomic E-state index is 12.3. The first-order chi connectivity index (χ1) is 9.49. The Balaban J connectivity index is 2.16. The molecule has 0 aliphatic rings. The molecule has 3 heteroatoms. The number of carbonyl (C=O) groups excluding carboxylic acids is 1. The van der Waals surface area contributed by atoms with Crippen molar-refractivity contribution in [2.24, 2.45) is 0 Å². The number of hydrogen-bond donors (Lipinski definition) is 0. The molecule has 0 amide bonds. The molecule has 104 valence electrons. The summed E-state index contributed by atoms with van der Waals surface area (Å²) in [5, 5.41) is 0. The summed E-state index contributed by atoms with van der Waals surface area (Å²) in [6.45, 7) is 5.79. The lowest BCUT2D eigenvalue weighted by atomic mass is 10.1. The van der Waals surface area contributed by atoms with Crippen LogP contribution in [0.4, 0.5) is 0 Å². The fraction of sp³-hybridized carbons (Fsp3) is 0.235. The summed E-state index contributed by atoms with van der Waals surface area (Å²) in [5.41, 5.74) is 2.87. The predicted molar refractivity (Wildman–Crippen MR) is 84.5 cm³/mol. The van der Waals surface area contributed by atoms with E-state index in [9.17, 15) is 4.79 Å². The van der Waals surface area contributed by atoms with Crippen molar-refractivity contribution in [2.75, 3.05) is 0 Å². The first-order valence-corrected chi connectivity index (χ1v) is 7.31. The largest absolute Gasteiger partial charge is 0.483 e. The van der Waals surface area contributed by atoms with Gasteiger partial charge in [-0.25, -0.2) is 0 Å². The summed E-state index contributed by atoms with van der Waals surface area (Å²) in [6.07, 6.45) is -0.502. The number of Topliss-reactive ketones (excluding diaryl/α,β-unsaturated/α-hetero) is 1. The minimum Gasteiger partial charge on any atom is -0.483 e. The zero-order valence-electron chi connectivity index (χ0n) is 11.8. The van der Waals surface area contributed by atoms with E-state index >= 15 is 0 Å². The van der Waals surface area contributed by atoms with Crippen LogP contribution in [0, 0.1) is 13.8 Å². The summed E-state index contributed by atoms with van der Waals surface area (Å²) in [4.78, 5) is 12.3. The van der Waals surface area contributed by atoms with Gasteiger partial charge in [0, 0.05) is 10.0 Å². The Labute approximate surface area is 127 Å². The van der Waals surface area contributed by atoms with Crippen molar-refractivity contribution in [3.63, 3.8) is 0 Å². The van der Waals surface area contributed by atoms with Crippen LogP contribution in [0.25, 0.3) is 0 Å². The molecule has 1 unspecified atom stereocenters. The van der Waals surface area contributed by atoms with Gasteiger partial charge in [-0.2, -0.15) is 0 Å². The lowest BCUT2D eigenvalue weighted by Gasteiger charge is -2.15. The number of benzene rings is 2. The number of halogens is 1. The molecule has 1 atom stereocenters. The highest BCUT2D eigenvalue weighted by Crippen LogP contribution is 2.27. The lowest BCUT2D eigenvalue weighted by Crippen LogP contribution is -2.23. The van der Waals surface area contributed by atoms with Crippen molar-refractivity contribution in [1.29, 1.82) is 0 Å². The highest BCUT2D eigenvalue weighted by Gasteiger charge is 2.17. The Morgan fingerprint density at radius 3 is 2.20 bits per heavy atom. The molecule has 0 fully saturated rings. The van der Waals surface area contributed by atoms with Crippen molar-refractivity contribution in [1.82, 2.24) is 0 Å². The predicted octanol–water partition coefficient (Wildman–Crippen LogP) is 4.72. The van der Waals surface area contributed by atoms with E-state index in [1.165, 1.54) is 0 Å². The first kappa shape index (κ1) is 14.8. The van der Waals surface area contributed by atoms with Gasteiger partial charge in [0.15, 0.2) is 6.10 Å². The Bertz CT molecular complexity index is 597. The second-order valence-corrected chi connectivity index (χ2v) is 5.65. The zero-order valence-corrected chi connectivity index (χ0v) is 13.4. The van der Waals surface area contributed by atoms with E-state index in [2.05, 4.69) is 15.9 Å². The Morgan fingerprint density at radius 2 is 1.65 bits per heavy atom. The first-order valence-electron chi connectivity index (χ1n) is 6.51. The third-order valence-electron chi connectivity index (χ3n) is 3.15. The Kier molecular flexibility index (Phi) is 4.61. The Hall–Kier alpha value is -1.61. The summed E-state index contributed by atoms with van der Waals surface area (Å²) in [7, 11) is 0. The van der Waals surface area contributed by atoms with Crippen LogP contribution in [0.2, 0.25) is 0 Å². The van der Waals surface area contributed by atoms with E-state index in [1.54, 1.807) is 19.1 Å². The maximum atomic E-state index is 12.3. The van der Waals surface area contributed by atoms with Gasteiger partial charge in [0.1, 0.15) is 5.75 Å². The summed E-state index contributed by atoms with van der Waals surface area (Å²) in [6, 6.07) is 13.1. The molecule has 0 aliphatic heterocycles. The molecule has 0 aliphatic carbocycles. The number of carbonyl (C=O) groups is 1. The molecule has 0 bridgehead atoms. The highest BCUT2D eigenvalue weighted by atomic mass is 79.9. The normalized spacial score (nSPS) is 12.0. The van der Waals surface area contributed by atoms with Gasteiger partial charge in [-0.1, -0.05) is 46.3 Å². The summed E-state index contributed by atoms with van der Waals surface area (Å²) in [5.74, 6) is 0.712. The fourth-order valence-corrected chi connectivity index (χ4v) is 2.30. The van der Waals surface area contributed by atoms with Crippen LogP contribution in [0.1, 0.15) is 28.4 Å². The van der Waals surface area contributed by atoms with Gasteiger partial charge in [0.05, 0.1) is 0 Å². The van der Waals surface area contributed by atoms with Crippen LogP contribution in [-0.2, 0) is 0 Å². The van der Waals surface area contributed by atoms with Crippen molar-refractivity contribution >= 4 is 21.7 Å². The van der Waals surface area contributed by atoms with Crippen molar-refractivity contribution < 1.29 is 9.53 Å². The van der Waals surface area contributed by atoms with Crippen LogP contribution in [0.15, 0.2) is 46.9 Å². The van der Waals surface area contributed by atoms with Crippen LogP contribution in [0.5, 0.6) is 5.75 Å². The second-order valence-electron chi connectivity index (χ2n) is 4.86. The fourth-order valence-electron chi connectivity index (χ4n) is 2.07. The average molecular weight is 333 g/mol. The van der Waals surface area contributed by atoms with Gasteiger partial charge < -0.3 is 4.74 Å². The van der Waals surface area contributed by atoms with Crippen molar-refractivity contribution in [3.8, 4) is 5.75 Å².